The van der Waals surface area contributed by atoms with Crippen molar-refractivity contribution in [2.75, 3.05) is 39.3 Å². The van der Waals surface area contributed by atoms with Crippen LogP contribution < -0.4 is 4.74 Å². The van der Waals surface area contributed by atoms with Crippen LogP contribution in [-0.4, -0.2) is 53.7 Å². The monoisotopic (exact) mass is 639 g/mol. The lowest BCUT2D eigenvalue weighted by atomic mass is 9.90. The van der Waals surface area contributed by atoms with Crippen molar-refractivity contribution in [3.05, 3.63) is 137 Å². The van der Waals surface area contributed by atoms with Crippen LogP contribution >= 0.6 is 11.6 Å². The van der Waals surface area contributed by atoms with Gasteiger partial charge in [-0.3, -0.25) is 4.90 Å². The van der Waals surface area contributed by atoms with E-state index in [2.05, 4.69) is 119 Å². The first kappa shape index (κ1) is 33.7. The highest BCUT2D eigenvalue weighted by atomic mass is 35.5. The molecule has 0 aliphatic carbocycles. The van der Waals surface area contributed by atoms with E-state index in [0.717, 1.165) is 62.4 Å². The first-order valence-corrected chi connectivity index (χ1v) is 17.1. The lowest BCUT2D eigenvalue weighted by Crippen LogP contribution is -2.31. The van der Waals surface area contributed by atoms with Crippen LogP contribution in [0.4, 0.5) is 4.39 Å². The summed E-state index contributed by atoms with van der Waals surface area (Å²) in [6.07, 6.45) is 5.36. The maximum Gasteiger partial charge on any atom is 0.142 e. The molecule has 0 bridgehead atoms. The van der Waals surface area contributed by atoms with Gasteiger partial charge in [0.05, 0.1) is 17.1 Å². The summed E-state index contributed by atoms with van der Waals surface area (Å²) in [7, 11) is 0. The minimum Gasteiger partial charge on any atom is -0.493 e. The van der Waals surface area contributed by atoms with Crippen molar-refractivity contribution in [2.24, 2.45) is 0 Å². The molecule has 4 nitrogen and oxygen atoms in total. The molecule has 6 heteroatoms. The fourth-order valence-corrected chi connectivity index (χ4v) is 6.57. The lowest BCUT2D eigenvalue weighted by molar-refractivity contribution is 0.223. The summed E-state index contributed by atoms with van der Waals surface area (Å²) in [5.41, 5.74) is 4.51. The van der Waals surface area contributed by atoms with E-state index in [0.29, 0.717) is 13.2 Å². The van der Waals surface area contributed by atoms with E-state index in [1.54, 1.807) is 6.07 Å². The van der Waals surface area contributed by atoms with Crippen LogP contribution in [0.5, 0.6) is 5.75 Å². The van der Waals surface area contributed by atoms with Crippen LogP contribution in [0, 0.1) is 5.82 Å². The number of nitrogens with zero attached hydrogens (tertiary/aromatic N) is 3. The van der Waals surface area contributed by atoms with E-state index in [1.807, 2.05) is 6.07 Å². The number of aromatic nitrogens is 1. The third-order valence-electron chi connectivity index (χ3n) is 8.66. The summed E-state index contributed by atoms with van der Waals surface area (Å²) >= 11 is 6.45. The Balaban J connectivity index is 1.28. The summed E-state index contributed by atoms with van der Waals surface area (Å²) in [4.78, 5) is 4.93. The highest BCUT2D eigenvalue weighted by Crippen LogP contribution is 2.29. The molecule has 0 amide bonds. The third kappa shape index (κ3) is 9.00. The smallest absolute Gasteiger partial charge is 0.142 e. The Hall–Kier alpha value is -3.64. The fourth-order valence-electron chi connectivity index (χ4n) is 6.38. The summed E-state index contributed by atoms with van der Waals surface area (Å²) in [6.45, 7) is 11.5. The molecule has 0 spiro atoms. The van der Waals surface area contributed by atoms with Gasteiger partial charge in [0.2, 0.25) is 0 Å². The molecule has 0 aliphatic rings. The second-order valence-corrected chi connectivity index (χ2v) is 12.4. The standard InChI is InChI=1S/C40H47ClFN3O/c1-3-23-43(24-4-2)27-28-45-26-22-35-38(45)20-12-21-39(35)46-29-13-25-44(30-34-18-11-19-37(42)40(34)41)31-36(32-14-7-5-8-15-32)33-16-9-6-10-17-33/h5-12,14-22,26,36H,3-4,13,23-25,27-31H2,1-2H3. The highest BCUT2D eigenvalue weighted by molar-refractivity contribution is 6.31. The summed E-state index contributed by atoms with van der Waals surface area (Å²) in [5.74, 6) is 0.699. The van der Waals surface area contributed by atoms with Gasteiger partial charge in [-0.2, -0.15) is 0 Å². The largest absolute Gasteiger partial charge is 0.493 e. The third-order valence-corrected chi connectivity index (χ3v) is 9.08. The van der Waals surface area contributed by atoms with Gasteiger partial charge in [0.1, 0.15) is 11.6 Å². The number of ether oxygens (including phenoxy) is 1. The van der Waals surface area contributed by atoms with Crippen LogP contribution in [0.3, 0.4) is 0 Å². The average Bonchev–Trinajstić information content (AvgIpc) is 3.51. The number of benzene rings is 4. The lowest BCUT2D eigenvalue weighted by Gasteiger charge is -2.29. The van der Waals surface area contributed by atoms with Crippen LogP contribution in [0.2, 0.25) is 5.02 Å². The van der Waals surface area contributed by atoms with Crippen LogP contribution in [-0.2, 0) is 13.1 Å². The Labute approximate surface area is 279 Å². The van der Waals surface area contributed by atoms with E-state index in [-0.39, 0.29) is 16.8 Å². The second kappa shape index (κ2) is 17.3. The van der Waals surface area contributed by atoms with Gasteiger partial charge in [-0.15, -0.1) is 0 Å². The van der Waals surface area contributed by atoms with Crippen LogP contribution in [0.25, 0.3) is 10.9 Å². The first-order valence-electron chi connectivity index (χ1n) is 16.8. The molecule has 5 aromatic rings. The topological polar surface area (TPSA) is 20.6 Å². The SMILES string of the molecule is CCCN(CCC)CCn1ccc2c(OCCCN(Cc3cccc(F)c3Cl)CC(c3ccccc3)c3ccccc3)cccc21. The molecule has 46 heavy (non-hydrogen) atoms. The molecule has 0 saturated heterocycles. The van der Waals surface area contributed by atoms with Crippen molar-refractivity contribution in [1.29, 1.82) is 0 Å². The van der Waals surface area contributed by atoms with Gasteiger partial charge < -0.3 is 14.2 Å². The first-order chi connectivity index (χ1) is 22.6. The maximum atomic E-state index is 14.4. The van der Waals surface area contributed by atoms with E-state index >= 15 is 0 Å². The van der Waals surface area contributed by atoms with Crippen LogP contribution in [0.1, 0.15) is 55.7 Å². The molecule has 0 saturated carbocycles. The molecule has 0 radical (unpaired) electrons. The maximum absolute atomic E-state index is 14.4. The molecular weight excluding hydrogens is 593 g/mol. The molecule has 4 aromatic carbocycles. The number of halogens is 2. The quantitative estimate of drug-likeness (QED) is 0.0891. The predicted molar refractivity (Wildman–Crippen MR) is 190 cm³/mol. The van der Waals surface area contributed by atoms with Crippen molar-refractivity contribution in [3.8, 4) is 5.75 Å². The number of fused-ring (bicyclic) bond motifs is 1. The molecule has 0 atom stereocenters. The Morgan fingerprint density at radius 3 is 2.09 bits per heavy atom. The molecule has 1 aromatic heterocycles. The zero-order valence-corrected chi connectivity index (χ0v) is 28.0. The summed E-state index contributed by atoms with van der Waals surface area (Å²) in [6, 6.07) is 34.8. The highest BCUT2D eigenvalue weighted by Gasteiger charge is 2.20. The van der Waals surface area contributed by atoms with Crippen LogP contribution in [0.15, 0.2) is 109 Å². The Morgan fingerprint density at radius 1 is 0.739 bits per heavy atom. The number of hydrogen-bond acceptors (Lipinski definition) is 3. The van der Waals surface area contributed by atoms with E-state index in [1.165, 1.54) is 35.6 Å². The minimum absolute atomic E-state index is 0.162. The summed E-state index contributed by atoms with van der Waals surface area (Å²) < 4.78 is 23.2. The van der Waals surface area contributed by atoms with Gasteiger partial charge in [-0.1, -0.05) is 104 Å². The van der Waals surface area contributed by atoms with Crippen molar-refractivity contribution < 1.29 is 9.13 Å². The Bertz CT molecular complexity index is 1580. The fraction of sp³-hybridized carbons (Fsp3) is 0.350. The number of hydrogen-bond donors (Lipinski definition) is 0. The molecule has 0 N–H and O–H groups in total. The van der Waals surface area contributed by atoms with E-state index in [4.69, 9.17) is 16.3 Å². The zero-order chi connectivity index (χ0) is 32.1. The molecular formula is C40H47ClFN3O. The van der Waals surface area contributed by atoms with E-state index < -0.39 is 0 Å². The van der Waals surface area contributed by atoms with Gasteiger partial charge >= 0.3 is 0 Å². The van der Waals surface area contributed by atoms with Gasteiger partial charge in [-0.25, -0.2) is 4.39 Å². The van der Waals surface area contributed by atoms with Crippen molar-refractivity contribution in [1.82, 2.24) is 14.4 Å². The van der Waals surface area contributed by atoms with Gasteiger partial charge in [0.15, 0.2) is 0 Å². The second-order valence-electron chi connectivity index (χ2n) is 12.1. The Morgan fingerprint density at radius 2 is 1.41 bits per heavy atom. The van der Waals surface area contributed by atoms with Crippen molar-refractivity contribution in [3.63, 3.8) is 0 Å². The van der Waals surface area contributed by atoms with Crippen molar-refractivity contribution >= 4 is 22.5 Å². The minimum atomic E-state index is -0.381. The van der Waals surface area contributed by atoms with Crippen molar-refractivity contribution in [2.45, 2.75) is 52.1 Å². The molecule has 0 aliphatic heterocycles. The Kier molecular flexibility index (Phi) is 12.7. The van der Waals surface area contributed by atoms with Gasteiger partial charge in [-0.05, 0) is 73.3 Å². The van der Waals surface area contributed by atoms with Gasteiger partial charge in [0.25, 0.3) is 0 Å². The molecule has 242 valence electrons. The molecule has 0 fully saturated rings. The molecule has 5 rings (SSSR count). The number of rotatable bonds is 18. The van der Waals surface area contributed by atoms with E-state index in [9.17, 15) is 4.39 Å². The summed E-state index contributed by atoms with van der Waals surface area (Å²) in [5, 5.41) is 1.35. The molecule has 1 heterocycles. The van der Waals surface area contributed by atoms with Gasteiger partial charge in [0, 0.05) is 50.2 Å². The average molecular weight is 640 g/mol. The predicted octanol–water partition coefficient (Wildman–Crippen LogP) is 9.66. The molecule has 0 unspecified atom stereocenters. The normalized spacial score (nSPS) is 11.7. The zero-order valence-electron chi connectivity index (χ0n) is 27.3.